The van der Waals surface area contributed by atoms with Gasteiger partial charge < -0.3 is 19.0 Å². The van der Waals surface area contributed by atoms with E-state index in [1.54, 1.807) is 19.9 Å². The molecule has 2 atom stereocenters. The maximum atomic E-state index is 12.7. The number of hydrogen-bond donors (Lipinski definition) is 1. The van der Waals surface area contributed by atoms with Gasteiger partial charge in [0.15, 0.2) is 6.04 Å². The van der Waals surface area contributed by atoms with Crippen LogP contribution in [0, 0.1) is 0 Å². The van der Waals surface area contributed by atoms with E-state index in [1.807, 2.05) is 0 Å². The van der Waals surface area contributed by atoms with E-state index in [9.17, 15) is 28.3 Å². The average molecular weight is 463 g/mol. The van der Waals surface area contributed by atoms with Crippen LogP contribution >= 0.6 is 0 Å². The molecule has 2 heterocycles. The fourth-order valence-electron chi connectivity index (χ4n) is 4.33. The van der Waals surface area contributed by atoms with Crippen molar-refractivity contribution in [1.29, 1.82) is 0 Å². The number of furan rings is 1. The molecule has 2 unspecified atom stereocenters. The minimum absolute atomic E-state index is 0.0797. The molecule has 1 aromatic heterocycles. The second kappa shape index (κ2) is 7.89. The first-order valence-electron chi connectivity index (χ1n) is 10.3. The van der Waals surface area contributed by atoms with E-state index in [-0.39, 0.29) is 5.69 Å². The molecule has 11 heteroatoms. The van der Waals surface area contributed by atoms with Crippen molar-refractivity contribution in [1.82, 2.24) is 9.80 Å². The number of likely N-dealkylation sites (N-methyl/N-ethyl adjacent to an activating group) is 1. The number of hydrogen-bond acceptors (Lipinski definition) is 6. The monoisotopic (exact) mass is 462 g/mol. The Kier molecular flexibility index (Phi) is 5.49. The molecule has 2 aliphatic rings. The van der Waals surface area contributed by atoms with Crippen LogP contribution in [-0.4, -0.2) is 66.7 Å². The Morgan fingerprint density at radius 1 is 1.31 bits per heavy atom. The van der Waals surface area contributed by atoms with Crippen LogP contribution in [0.15, 0.2) is 22.6 Å². The van der Waals surface area contributed by atoms with Crippen LogP contribution in [0.2, 0.25) is 0 Å². The van der Waals surface area contributed by atoms with Gasteiger partial charge in [0.1, 0.15) is 16.9 Å². The Bertz CT molecular complexity index is 1140. The summed E-state index contributed by atoms with van der Waals surface area (Å²) >= 11 is -2.99. The fraction of sp³-hybridized carbons (Fsp3) is 0.476. The molecule has 0 bridgehead atoms. The zero-order valence-corrected chi connectivity index (χ0v) is 18.8. The van der Waals surface area contributed by atoms with Crippen LogP contribution in [-0.2, 0) is 33.7 Å². The first-order chi connectivity index (χ1) is 15.0. The molecule has 10 nitrogen and oxygen atoms in total. The number of nitrogens with zero attached hydrogens (tertiary/aromatic N) is 3. The third kappa shape index (κ3) is 3.45. The number of anilines is 1. The zero-order valence-electron chi connectivity index (χ0n) is 18.0. The van der Waals surface area contributed by atoms with E-state index in [1.165, 1.54) is 24.1 Å². The van der Waals surface area contributed by atoms with Crippen molar-refractivity contribution < 1.29 is 32.7 Å². The predicted octanol–water partition coefficient (Wildman–Crippen LogP) is 2.04. The number of carboxylic acids is 1. The maximum absolute atomic E-state index is 12.7. The van der Waals surface area contributed by atoms with Gasteiger partial charge in [-0.25, -0.2) is 9.59 Å². The average Bonchev–Trinajstić information content (AvgIpc) is 3.17. The highest BCUT2D eigenvalue weighted by Gasteiger charge is 2.50. The molecule has 4 rings (SSSR count). The molecule has 1 N–H and O–H groups in total. The summed E-state index contributed by atoms with van der Waals surface area (Å²) in [5.74, 6) is -1.21. The second-order valence-electron chi connectivity index (χ2n) is 8.60. The van der Waals surface area contributed by atoms with Gasteiger partial charge in [0.25, 0.3) is 5.91 Å². The van der Waals surface area contributed by atoms with Crippen LogP contribution in [0.5, 0.6) is 0 Å². The lowest BCUT2D eigenvalue weighted by Gasteiger charge is -2.33. The van der Waals surface area contributed by atoms with E-state index in [4.69, 9.17) is 4.42 Å². The van der Waals surface area contributed by atoms with Crippen LogP contribution in [0.25, 0.3) is 11.0 Å². The lowest BCUT2D eigenvalue weighted by molar-refractivity contribution is -0.139. The molecule has 1 saturated heterocycles. The second-order valence-corrected chi connectivity index (χ2v) is 9.43. The topological polar surface area (TPSA) is 134 Å². The normalized spacial score (nSPS) is 19.9. The third-order valence-corrected chi connectivity index (χ3v) is 7.19. The Hall–Kier alpha value is -2.92. The predicted molar refractivity (Wildman–Crippen MR) is 115 cm³/mol. The van der Waals surface area contributed by atoms with Crippen molar-refractivity contribution in [2.75, 3.05) is 17.9 Å². The van der Waals surface area contributed by atoms with Crippen LogP contribution < -0.4 is 4.31 Å². The number of aliphatic carboxylic acids is 1. The van der Waals surface area contributed by atoms with Crippen molar-refractivity contribution in [3.05, 3.63) is 29.5 Å². The van der Waals surface area contributed by atoms with Crippen molar-refractivity contribution in [3.63, 3.8) is 0 Å². The van der Waals surface area contributed by atoms with E-state index in [2.05, 4.69) is 0 Å². The number of carbonyl (C=O) groups is 3. The minimum atomic E-state index is -2.99. The Morgan fingerprint density at radius 3 is 2.59 bits per heavy atom. The minimum Gasteiger partial charge on any atom is -0.755 e. The van der Waals surface area contributed by atoms with Crippen LogP contribution in [0.4, 0.5) is 10.5 Å². The standard InChI is InChI=1S/C21H25N3O7S/c1-21(2)19(27)23(20(28)22(21)3)11-15(18(25)26)24(32(29)30)12-8-9-14-13-6-4-5-7-16(13)31-17(14)10-12/h8-10,15H,4-7,11H2,1-3H3,(H,25,26)(H,29,30)/p-1. The van der Waals surface area contributed by atoms with Gasteiger partial charge in [0, 0.05) is 41.8 Å². The van der Waals surface area contributed by atoms with Gasteiger partial charge in [0.05, 0.1) is 12.2 Å². The molecule has 1 aliphatic heterocycles. The van der Waals surface area contributed by atoms with Crippen LogP contribution in [0.3, 0.4) is 0 Å². The molecule has 1 fully saturated rings. The van der Waals surface area contributed by atoms with Crippen molar-refractivity contribution in [2.24, 2.45) is 0 Å². The first-order valence-corrected chi connectivity index (χ1v) is 11.3. The summed E-state index contributed by atoms with van der Waals surface area (Å²) in [4.78, 5) is 39.3. The first kappa shape index (κ1) is 22.3. The summed E-state index contributed by atoms with van der Waals surface area (Å²) in [6.07, 6.45) is 3.74. The Labute approximate surface area is 187 Å². The fourth-order valence-corrected chi connectivity index (χ4v) is 4.98. The number of rotatable bonds is 6. The Morgan fingerprint density at radius 2 is 2.00 bits per heavy atom. The lowest BCUT2D eigenvalue weighted by atomic mass is 9.96. The highest BCUT2D eigenvalue weighted by atomic mass is 32.2. The van der Waals surface area contributed by atoms with Gasteiger partial charge in [-0.3, -0.25) is 18.2 Å². The molecule has 172 valence electrons. The van der Waals surface area contributed by atoms with Crippen LogP contribution in [0.1, 0.15) is 38.0 Å². The lowest BCUT2D eigenvalue weighted by Crippen LogP contribution is -2.51. The summed E-state index contributed by atoms with van der Waals surface area (Å²) in [7, 11) is 1.44. The number of amides is 3. The molecule has 2 aromatic rings. The van der Waals surface area contributed by atoms with Gasteiger partial charge in [-0.1, -0.05) is 0 Å². The molecule has 3 amide bonds. The summed E-state index contributed by atoms with van der Waals surface area (Å²) < 4.78 is 30.8. The number of imide groups is 1. The number of carbonyl (C=O) groups excluding carboxylic acids is 2. The van der Waals surface area contributed by atoms with Crippen molar-refractivity contribution >= 4 is 45.8 Å². The van der Waals surface area contributed by atoms with Gasteiger partial charge in [-0.15, -0.1) is 0 Å². The highest BCUT2D eigenvalue weighted by Crippen LogP contribution is 2.35. The van der Waals surface area contributed by atoms with Gasteiger partial charge in [-0.2, -0.15) is 0 Å². The number of benzene rings is 1. The molecule has 0 saturated carbocycles. The summed E-state index contributed by atoms with van der Waals surface area (Å²) in [5, 5.41) is 10.7. The summed E-state index contributed by atoms with van der Waals surface area (Å²) in [5.41, 5.74) is 0.494. The molecular weight excluding hydrogens is 438 g/mol. The molecular formula is C21H24N3O7S-. The largest absolute Gasteiger partial charge is 0.755 e. The number of aryl methyl sites for hydroxylation is 2. The summed E-state index contributed by atoms with van der Waals surface area (Å²) in [6, 6.07) is 2.34. The number of urea groups is 1. The third-order valence-electron chi connectivity index (χ3n) is 6.40. The molecule has 0 spiro atoms. The number of carboxylic acid groups (broad SMARTS) is 1. The molecule has 1 aromatic carbocycles. The molecule has 1 aliphatic carbocycles. The highest BCUT2D eigenvalue weighted by molar-refractivity contribution is 7.80. The Balaban J connectivity index is 1.71. The molecule has 0 radical (unpaired) electrons. The van der Waals surface area contributed by atoms with Crippen molar-refractivity contribution in [2.45, 2.75) is 51.1 Å². The smallest absolute Gasteiger partial charge is 0.329 e. The van der Waals surface area contributed by atoms with Gasteiger partial charge in [-0.05, 0) is 45.2 Å². The SMILES string of the molecule is CN1C(=O)N(CC(C(=O)O)N(c2ccc3c4c(oc3c2)CCCC4)S(=O)[O-])C(=O)C1(C)C. The number of fused-ring (bicyclic) bond motifs is 3. The van der Waals surface area contributed by atoms with E-state index in [0.717, 1.165) is 47.3 Å². The van der Waals surface area contributed by atoms with E-state index in [0.29, 0.717) is 9.89 Å². The quantitative estimate of drug-likeness (QED) is 0.513. The maximum Gasteiger partial charge on any atom is 0.329 e. The van der Waals surface area contributed by atoms with Gasteiger partial charge in [0.2, 0.25) is 0 Å². The van der Waals surface area contributed by atoms with E-state index >= 15 is 0 Å². The molecule has 32 heavy (non-hydrogen) atoms. The van der Waals surface area contributed by atoms with Gasteiger partial charge >= 0.3 is 12.0 Å². The van der Waals surface area contributed by atoms with Crippen molar-refractivity contribution in [3.8, 4) is 0 Å². The van der Waals surface area contributed by atoms with E-state index < -0.39 is 47.3 Å². The summed E-state index contributed by atoms with van der Waals surface area (Å²) in [6.45, 7) is 2.46. The zero-order chi connectivity index (χ0) is 23.4.